The maximum absolute atomic E-state index is 10.9. The van der Waals surface area contributed by atoms with Gasteiger partial charge < -0.3 is 15.6 Å². The van der Waals surface area contributed by atoms with Crippen LogP contribution in [0.1, 0.15) is 32.3 Å². The van der Waals surface area contributed by atoms with Crippen LogP contribution in [0.2, 0.25) is 0 Å². The summed E-state index contributed by atoms with van der Waals surface area (Å²) < 4.78 is 5.84. The lowest BCUT2D eigenvalue weighted by molar-refractivity contribution is -0.111. The molecule has 0 amide bonds. The van der Waals surface area contributed by atoms with Crippen molar-refractivity contribution in [3.05, 3.63) is 29.8 Å². The summed E-state index contributed by atoms with van der Waals surface area (Å²) in [5.74, 6) is 0.927. The highest BCUT2D eigenvalue weighted by Gasteiger charge is 2.49. The first-order valence-electron chi connectivity index (χ1n) is 6.74. The topological polar surface area (TPSA) is 55.5 Å². The van der Waals surface area contributed by atoms with Crippen molar-refractivity contribution in [1.82, 2.24) is 0 Å². The van der Waals surface area contributed by atoms with Gasteiger partial charge in [-0.25, -0.2) is 0 Å². The molecule has 0 spiro atoms. The van der Waals surface area contributed by atoms with E-state index in [9.17, 15) is 5.11 Å². The van der Waals surface area contributed by atoms with Crippen LogP contribution in [-0.4, -0.2) is 23.9 Å². The van der Waals surface area contributed by atoms with Gasteiger partial charge in [-0.2, -0.15) is 0 Å². The van der Waals surface area contributed by atoms with E-state index in [1.807, 2.05) is 32.0 Å². The number of hydrogen-bond acceptors (Lipinski definition) is 3. The van der Waals surface area contributed by atoms with E-state index in [1.165, 1.54) is 0 Å². The van der Waals surface area contributed by atoms with Crippen LogP contribution in [0.3, 0.4) is 0 Å². The Morgan fingerprint density at radius 2 is 2.00 bits per heavy atom. The van der Waals surface area contributed by atoms with Gasteiger partial charge >= 0.3 is 0 Å². The highest BCUT2D eigenvalue weighted by Crippen LogP contribution is 2.44. The molecular formula is C15H23NO2. The van der Waals surface area contributed by atoms with E-state index in [0.29, 0.717) is 26.0 Å². The van der Waals surface area contributed by atoms with E-state index in [1.54, 1.807) is 0 Å². The predicted molar refractivity (Wildman–Crippen MR) is 72.7 cm³/mol. The highest BCUT2D eigenvalue weighted by molar-refractivity contribution is 5.37. The molecule has 1 unspecified atom stereocenters. The molecule has 0 saturated heterocycles. The molecule has 0 fully saturated rings. The van der Waals surface area contributed by atoms with E-state index in [2.05, 4.69) is 6.07 Å². The maximum Gasteiger partial charge on any atom is 0.122 e. The molecule has 2 rings (SSSR count). The summed E-state index contributed by atoms with van der Waals surface area (Å²) >= 11 is 0. The van der Waals surface area contributed by atoms with E-state index in [0.717, 1.165) is 17.7 Å². The van der Waals surface area contributed by atoms with Crippen LogP contribution in [0.25, 0.3) is 0 Å². The fraction of sp³-hybridized carbons (Fsp3) is 0.600. The number of benzene rings is 1. The minimum absolute atomic E-state index is 0.370. The van der Waals surface area contributed by atoms with Crippen LogP contribution >= 0.6 is 0 Å². The molecule has 18 heavy (non-hydrogen) atoms. The molecule has 1 atom stereocenters. The second-order valence-electron chi connectivity index (χ2n) is 5.30. The summed E-state index contributed by atoms with van der Waals surface area (Å²) in [6.45, 7) is 4.97. The zero-order valence-electron chi connectivity index (χ0n) is 11.3. The number of fused-ring (bicyclic) bond motifs is 1. The summed E-state index contributed by atoms with van der Waals surface area (Å²) in [7, 11) is 0. The van der Waals surface area contributed by atoms with E-state index in [-0.39, 0.29) is 5.41 Å². The molecule has 100 valence electrons. The molecule has 0 saturated carbocycles. The van der Waals surface area contributed by atoms with Gasteiger partial charge in [-0.15, -0.1) is 0 Å². The number of nitrogens with two attached hydrogens (primary N) is 1. The van der Waals surface area contributed by atoms with Crippen LogP contribution in [0.4, 0.5) is 0 Å². The molecule has 1 aliphatic rings. The summed E-state index contributed by atoms with van der Waals surface area (Å²) in [5.41, 5.74) is 6.02. The Morgan fingerprint density at radius 1 is 1.33 bits per heavy atom. The Morgan fingerprint density at radius 3 is 2.61 bits per heavy atom. The molecule has 1 aliphatic heterocycles. The molecule has 3 heteroatoms. The number of para-hydroxylation sites is 1. The number of ether oxygens (including phenoxy) is 1. The predicted octanol–water partition coefficient (Wildman–Crippen LogP) is 2.12. The maximum atomic E-state index is 10.9. The van der Waals surface area contributed by atoms with E-state index >= 15 is 0 Å². The molecule has 1 aromatic rings. The second-order valence-corrected chi connectivity index (χ2v) is 5.30. The van der Waals surface area contributed by atoms with Gasteiger partial charge in [0.2, 0.25) is 0 Å². The van der Waals surface area contributed by atoms with Crippen LogP contribution in [0.15, 0.2) is 24.3 Å². The van der Waals surface area contributed by atoms with Crippen LogP contribution in [0, 0.1) is 5.41 Å². The summed E-state index contributed by atoms with van der Waals surface area (Å²) in [6.07, 6.45) is 2.19. The summed E-state index contributed by atoms with van der Waals surface area (Å²) in [4.78, 5) is 0. The largest absolute Gasteiger partial charge is 0.493 e. The van der Waals surface area contributed by atoms with Crippen molar-refractivity contribution >= 4 is 0 Å². The van der Waals surface area contributed by atoms with Gasteiger partial charge in [0.1, 0.15) is 5.75 Å². The molecule has 3 nitrogen and oxygen atoms in total. The van der Waals surface area contributed by atoms with Crippen LogP contribution in [0.5, 0.6) is 5.75 Å². The number of rotatable bonds is 4. The van der Waals surface area contributed by atoms with E-state index in [4.69, 9.17) is 10.5 Å². The summed E-state index contributed by atoms with van der Waals surface area (Å²) in [5, 5.41) is 10.9. The Balaban J connectivity index is 2.37. The average molecular weight is 249 g/mol. The first kappa shape index (κ1) is 13.4. The van der Waals surface area contributed by atoms with Gasteiger partial charge in [-0.3, -0.25) is 0 Å². The number of aliphatic hydroxyl groups is 1. The lowest BCUT2D eigenvalue weighted by atomic mass is 9.65. The first-order chi connectivity index (χ1) is 8.61. The Kier molecular flexibility index (Phi) is 3.64. The van der Waals surface area contributed by atoms with Crippen LogP contribution < -0.4 is 10.5 Å². The normalized spacial score (nSPS) is 23.3. The molecule has 0 aromatic heterocycles. The lowest BCUT2D eigenvalue weighted by Gasteiger charge is -2.48. The van der Waals surface area contributed by atoms with Crippen molar-refractivity contribution in [1.29, 1.82) is 0 Å². The Hall–Kier alpha value is -1.06. The average Bonchev–Trinajstić information content (AvgIpc) is 2.45. The minimum Gasteiger partial charge on any atom is -0.493 e. The zero-order valence-corrected chi connectivity index (χ0v) is 11.3. The van der Waals surface area contributed by atoms with Gasteiger partial charge in [0, 0.05) is 12.0 Å². The minimum atomic E-state index is -0.755. The van der Waals surface area contributed by atoms with Crippen molar-refractivity contribution in [3.8, 4) is 5.75 Å². The third kappa shape index (κ3) is 1.91. The van der Waals surface area contributed by atoms with Crippen molar-refractivity contribution in [2.24, 2.45) is 11.1 Å². The third-order valence-corrected chi connectivity index (χ3v) is 4.55. The lowest BCUT2D eigenvalue weighted by Crippen LogP contribution is -2.58. The van der Waals surface area contributed by atoms with Gasteiger partial charge in [0.05, 0.1) is 12.2 Å². The molecule has 0 radical (unpaired) electrons. The Labute approximate surface area is 109 Å². The Bertz CT molecular complexity index is 415. The van der Waals surface area contributed by atoms with Crippen molar-refractivity contribution < 1.29 is 9.84 Å². The third-order valence-electron chi connectivity index (χ3n) is 4.55. The van der Waals surface area contributed by atoms with Gasteiger partial charge in [0.25, 0.3) is 0 Å². The zero-order chi connectivity index (χ0) is 13.2. The summed E-state index contributed by atoms with van der Waals surface area (Å²) in [6, 6.07) is 8.02. The van der Waals surface area contributed by atoms with E-state index < -0.39 is 5.60 Å². The fourth-order valence-electron chi connectivity index (χ4n) is 3.04. The molecule has 0 bridgehead atoms. The molecule has 0 aliphatic carbocycles. The molecule has 1 heterocycles. The quantitative estimate of drug-likeness (QED) is 0.859. The van der Waals surface area contributed by atoms with Crippen molar-refractivity contribution in [2.75, 3.05) is 13.2 Å². The smallest absolute Gasteiger partial charge is 0.122 e. The number of hydrogen-bond donors (Lipinski definition) is 2. The molecular weight excluding hydrogens is 226 g/mol. The van der Waals surface area contributed by atoms with Gasteiger partial charge in [-0.05, 0) is 30.9 Å². The van der Waals surface area contributed by atoms with Crippen molar-refractivity contribution in [3.63, 3.8) is 0 Å². The van der Waals surface area contributed by atoms with Crippen molar-refractivity contribution in [2.45, 2.75) is 38.7 Å². The monoisotopic (exact) mass is 249 g/mol. The standard InChI is InChI=1S/C15H23NO2/c1-3-15(17,4-2)14(10-16)9-12-7-5-6-8-13(12)18-11-14/h5-8,17H,3-4,9-11,16H2,1-2H3. The SMILES string of the molecule is CCC(O)(CC)C1(CN)COc2ccccc2C1. The first-order valence-corrected chi connectivity index (χ1v) is 6.74. The molecule has 1 aromatic carbocycles. The molecule has 3 N–H and O–H groups in total. The highest BCUT2D eigenvalue weighted by atomic mass is 16.5. The second kappa shape index (κ2) is 4.90. The fourth-order valence-corrected chi connectivity index (χ4v) is 3.04. The van der Waals surface area contributed by atoms with Gasteiger partial charge in [0.15, 0.2) is 0 Å². The van der Waals surface area contributed by atoms with Gasteiger partial charge in [-0.1, -0.05) is 32.0 Å². The van der Waals surface area contributed by atoms with Crippen LogP contribution in [-0.2, 0) is 6.42 Å².